The van der Waals surface area contributed by atoms with Crippen LogP contribution in [-0.4, -0.2) is 138 Å². The highest BCUT2D eigenvalue weighted by Gasteiger charge is 2.39. The number of anilines is 6. The molecule has 0 unspecified atom stereocenters. The van der Waals surface area contributed by atoms with Crippen LogP contribution in [0.15, 0.2) is 189 Å². The molecular weight excluding hydrogens is 1260 g/mol. The summed E-state index contributed by atoms with van der Waals surface area (Å²) in [4.78, 5) is 84.7. The average Bonchev–Trinajstić information content (AvgIpc) is 1.49. The van der Waals surface area contributed by atoms with Crippen molar-refractivity contribution in [3.05, 3.63) is 206 Å². The number of alkyl carbamates (subject to hydrolysis) is 1. The van der Waals surface area contributed by atoms with E-state index in [9.17, 15) is 14.4 Å². The molecule has 4 fully saturated rings. The Morgan fingerprint density at radius 1 is 0.495 bits per heavy atom. The van der Waals surface area contributed by atoms with Crippen molar-refractivity contribution in [1.29, 1.82) is 0 Å². The minimum atomic E-state index is -0.690. The summed E-state index contributed by atoms with van der Waals surface area (Å²) in [5, 5.41) is 11.5. The van der Waals surface area contributed by atoms with Gasteiger partial charge in [-0.05, 0) is 196 Å². The first-order chi connectivity index (χ1) is 49.6. The number of piperidine rings is 2. The summed E-state index contributed by atoms with van der Waals surface area (Å²) in [6.45, 7) is 13.4. The summed E-state index contributed by atoms with van der Waals surface area (Å²) < 4.78 is 4.65. The molecule has 0 spiro atoms. The second-order valence-corrected chi connectivity index (χ2v) is 26.6. The second kappa shape index (κ2) is 31.1. The van der Waals surface area contributed by atoms with Crippen molar-refractivity contribution in [2.24, 2.45) is 0 Å². The van der Waals surface area contributed by atoms with Crippen LogP contribution in [0.25, 0.3) is 66.6 Å². The molecule has 516 valence electrons. The van der Waals surface area contributed by atoms with Gasteiger partial charge >= 0.3 is 6.09 Å². The molecular formula is C81H88N16O4. The highest BCUT2D eigenvalue weighted by atomic mass is 16.5. The quantitative estimate of drug-likeness (QED) is 0.0508. The summed E-state index contributed by atoms with van der Waals surface area (Å²) >= 11 is 0. The Morgan fingerprint density at radius 2 is 0.931 bits per heavy atom. The zero-order chi connectivity index (χ0) is 69.2. The van der Waals surface area contributed by atoms with Crippen LogP contribution in [0, 0.1) is 0 Å². The Bertz CT molecular complexity index is 4630. The SMILES string of the molecule is CCN(CC)[C@H](C(=O)N1CCC[C@H]1c1ncc(-c2ccc(-c3ccc4ncnc(Nc5ccc(N6CCCCC6)cc5)c4c3)cc2)[nH]1)c1ccccc1.COC(=O)N[C@H](C)C(=O)N1CCC[C@H]1c1ncc(-c2ccc(-c3ccc4ncnc(Nc5ccc(N6CCCCC6)cc5)c4c3)cc2)[nH]1. The Kier molecular flexibility index (Phi) is 20.7. The van der Waals surface area contributed by atoms with Crippen LogP contribution in [0.5, 0.6) is 0 Å². The molecule has 15 rings (SSSR count). The second-order valence-electron chi connectivity index (χ2n) is 26.6. The maximum atomic E-state index is 14.2. The van der Waals surface area contributed by atoms with Gasteiger partial charge in [0.1, 0.15) is 48.0 Å². The molecule has 20 heteroatoms. The van der Waals surface area contributed by atoms with Crippen LogP contribution >= 0.6 is 0 Å². The first-order valence-corrected chi connectivity index (χ1v) is 35.9. The topological polar surface area (TPSA) is 222 Å². The van der Waals surface area contributed by atoms with Gasteiger partial charge < -0.3 is 50.3 Å². The Morgan fingerprint density at radius 3 is 1.38 bits per heavy atom. The number of aromatic nitrogens is 8. The lowest BCUT2D eigenvalue weighted by Crippen LogP contribution is -2.46. The fourth-order valence-corrected chi connectivity index (χ4v) is 14.8. The predicted molar refractivity (Wildman–Crippen MR) is 401 cm³/mol. The summed E-state index contributed by atoms with van der Waals surface area (Å²) in [6.07, 6.45) is 17.5. The van der Waals surface area contributed by atoms with Gasteiger partial charge in [-0.25, -0.2) is 34.7 Å². The van der Waals surface area contributed by atoms with E-state index in [2.05, 4.69) is 224 Å². The number of fused-ring (bicyclic) bond motifs is 2. The zero-order valence-corrected chi connectivity index (χ0v) is 58.0. The van der Waals surface area contributed by atoms with Crippen molar-refractivity contribution in [2.45, 2.75) is 109 Å². The van der Waals surface area contributed by atoms with E-state index in [4.69, 9.17) is 4.98 Å². The molecule has 8 heterocycles. The molecule has 101 heavy (non-hydrogen) atoms. The zero-order valence-electron chi connectivity index (χ0n) is 58.0. The number of carbonyl (C=O) groups excluding carboxylic acids is 3. The van der Waals surface area contributed by atoms with Crippen LogP contribution in [0.3, 0.4) is 0 Å². The lowest BCUT2D eigenvalue weighted by atomic mass is 10.0. The Balaban J connectivity index is 0.000000172. The van der Waals surface area contributed by atoms with Gasteiger partial charge in [-0.1, -0.05) is 105 Å². The molecule has 11 aromatic rings. The third-order valence-corrected chi connectivity index (χ3v) is 20.3. The first kappa shape index (κ1) is 67.2. The lowest BCUT2D eigenvalue weighted by molar-refractivity contribution is -0.138. The number of hydrogen-bond acceptors (Lipinski definition) is 15. The number of likely N-dealkylation sites (tertiary alicyclic amines) is 2. The molecule has 4 atom stereocenters. The minimum Gasteiger partial charge on any atom is -0.453 e. The number of rotatable bonds is 19. The summed E-state index contributed by atoms with van der Waals surface area (Å²) in [5.74, 6) is 3.13. The molecule has 0 bridgehead atoms. The Labute approximate surface area is 590 Å². The molecule has 3 amide bonds. The van der Waals surface area contributed by atoms with Crippen LogP contribution in [-0.2, 0) is 14.3 Å². The number of imidazole rings is 2. The number of hydrogen-bond donors (Lipinski definition) is 5. The van der Waals surface area contributed by atoms with Gasteiger partial charge in [0.05, 0.1) is 54.0 Å². The van der Waals surface area contributed by atoms with Crippen molar-refractivity contribution in [2.75, 3.05) is 79.9 Å². The summed E-state index contributed by atoms with van der Waals surface area (Å²) in [7, 11) is 1.28. The number of benzene rings is 7. The standard InChI is InChI=1S/C44H48N8O.C37H40N8O3/c1-3-50(4-2)41(33-12-7-5-8-13-33)44(53)52-27-11-14-40(52)43-45-29-39(49-43)32-17-15-31(16-18-32)34-19-24-38-37(28-34)42(47-30-46-38)48-35-20-22-36(23-21-35)51-25-9-6-10-26-51;1-24(41-37(47)48-2)36(46)45-20-6-7-33(45)35-38-22-32(43-35)26-10-8-25(9-11-26)27-12-17-31-30(21-27)34(40-23-39-31)42-28-13-15-29(16-14-28)44-18-4-3-5-19-44/h5,7-8,12-13,15-24,28-30,40-41H,3-4,6,9-11,14,25-27H2,1-2H3,(H,45,49)(H,46,47,48);8-17,21-24,33H,3-7,18-20H2,1-2H3,(H,38,43)(H,41,47)(H,39,40,42)/t40-,41-;24-,33+/m01/s1. The molecule has 0 aliphatic carbocycles. The van der Waals surface area contributed by atoms with Gasteiger partial charge in [-0.3, -0.25) is 14.5 Å². The number of likely N-dealkylation sites (N-methyl/N-ethyl adjacent to an activating group) is 1. The number of ether oxygens (including phenoxy) is 1. The van der Waals surface area contributed by atoms with E-state index in [0.717, 1.165) is 178 Å². The molecule has 7 aromatic carbocycles. The Hall–Kier alpha value is -11.0. The van der Waals surface area contributed by atoms with Gasteiger partial charge in [0.25, 0.3) is 0 Å². The van der Waals surface area contributed by atoms with Gasteiger partial charge in [0.15, 0.2) is 0 Å². The maximum absolute atomic E-state index is 14.2. The van der Waals surface area contributed by atoms with E-state index >= 15 is 0 Å². The summed E-state index contributed by atoms with van der Waals surface area (Å²) in [5.41, 5.74) is 15.5. The van der Waals surface area contributed by atoms with Crippen LogP contribution in [0.4, 0.5) is 39.2 Å². The number of amides is 3. The van der Waals surface area contributed by atoms with Gasteiger partial charge in [-0.15, -0.1) is 0 Å². The molecule has 4 aliphatic rings. The van der Waals surface area contributed by atoms with Gasteiger partial charge in [0, 0.05) is 72.8 Å². The number of H-pyrrole nitrogens is 2. The van der Waals surface area contributed by atoms with E-state index < -0.39 is 12.1 Å². The molecule has 20 nitrogen and oxygen atoms in total. The van der Waals surface area contributed by atoms with Crippen LogP contribution in [0.1, 0.15) is 120 Å². The minimum absolute atomic E-state index is 0.0764. The van der Waals surface area contributed by atoms with Crippen LogP contribution < -0.4 is 25.8 Å². The third kappa shape index (κ3) is 15.1. The van der Waals surface area contributed by atoms with E-state index in [-0.39, 0.29) is 29.9 Å². The predicted octanol–water partition coefficient (Wildman–Crippen LogP) is 16.0. The van der Waals surface area contributed by atoms with E-state index in [1.165, 1.54) is 57.0 Å². The van der Waals surface area contributed by atoms with Crippen molar-refractivity contribution in [1.82, 2.24) is 59.9 Å². The van der Waals surface area contributed by atoms with Crippen molar-refractivity contribution in [3.8, 4) is 44.8 Å². The largest absolute Gasteiger partial charge is 0.453 e. The van der Waals surface area contributed by atoms with Crippen molar-refractivity contribution < 1.29 is 19.1 Å². The lowest BCUT2D eigenvalue weighted by Gasteiger charge is -2.34. The molecule has 0 radical (unpaired) electrons. The number of methoxy groups -OCH3 is 1. The molecule has 4 aliphatic heterocycles. The number of carbonyl (C=O) groups is 3. The normalized spacial score (nSPS) is 16.8. The van der Waals surface area contributed by atoms with E-state index in [0.29, 0.717) is 6.54 Å². The molecule has 0 saturated carbocycles. The van der Waals surface area contributed by atoms with Crippen molar-refractivity contribution >= 4 is 74.1 Å². The number of nitrogens with one attached hydrogen (secondary N) is 5. The molecule has 4 aromatic heterocycles. The van der Waals surface area contributed by atoms with Crippen LogP contribution in [0.2, 0.25) is 0 Å². The van der Waals surface area contributed by atoms with Gasteiger partial charge in [-0.2, -0.15) is 0 Å². The van der Waals surface area contributed by atoms with E-state index in [1.54, 1.807) is 24.5 Å². The summed E-state index contributed by atoms with van der Waals surface area (Å²) in [6, 6.07) is 55.7. The highest BCUT2D eigenvalue weighted by Crippen LogP contribution is 2.39. The number of aromatic amines is 2. The highest BCUT2D eigenvalue weighted by molar-refractivity contribution is 5.95. The van der Waals surface area contributed by atoms with Gasteiger partial charge in [0.2, 0.25) is 11.8 Å². The maximum Gasteiger partial charge on any atom is 0.407 e. The fourth-order valence-electron chi connectivity index (χ4n) is 14.8. The average molecular weight is 1350 g/mol. The first-order valence-electron chi connectivity index (χ1n) is 35.9. The fraction of sp³-hybridized carbons (Fsp3) is 0.321. The van der Waals surface area contributed by atoms with E-state index in [1.807, 2.05) is 41.6 Å². The molecule has 4 saturated heterocycles. The third-order valence-electron chi connectivity index (χ3n) is 20.3. The smallest absolute Gasteiger partial charge is 0.407 e. The number of nitrogens with zero attached hydrogens (tertiary/aromatic N) is 11. The monoisotopic (exact) mass is 1350 g/mol. The van der Waals surface area contributed by atoms with Crippen molar-refractivity contribution in [3.63, 3.8) is 0 Å². The molecule has 5 N–H and O–H groups in total.